The summed E-state index contributed by atoms with van der Waals surface area (Å²) in [4.78, 5) is 12.2. The van der Waals surface area contributed by atoms with Crippen LogP contribution in [0, 0.1) is 0 Å². The third kappa shape index (κ3) is 2.14. The molecule has 2 rings (SSSR count). The van der Waals surface area contributed by atoms with Gasteiger partial charge in [-0.15, -0.1) is 0 Å². The number of methoxy groups -OCH3 is 1. The summed E-state index contributed by atoms with van der Waals surface area (Å²) < 4.78 is 29.1. The fourth-order valence-corrected chi connectivity index (χ4v) is 3.93. The summed E-state index contributed by atoms with van der Waals surface area (Å²) in [6.07, 6.45) is 0.788. The SMILES string of the molecule is CCC(=O)[C@@H]1CCS(=O)(=O)c2ccc(OC)cc21. The normalized spacial score (nSPS) is 21.1. The lowest BCUT2D eigenvalue weighted by Gasteiger charge is -2.24. The van der Waals surface area contributed by atoms with E-state index in [2.05, 4.69) is 0 Å². The predicted molar refractivity (Wildman–Crippen MR) is 67.7 cm³/mol. The number of fused-ring (bicyclic) bond motifs is 1. The number of ether oxygens (including phenoxy) is 1. The summed E-state index contributed by atoms with van der Waals surface area (Å²) in [6.45, 7) is 1.80. The van der Waals surface area contributed by atoms with Crippen LogP contribution < -0.4 is 4.74 Å². The number of hydrogen-bond acceptors (Lipinski definition) is 4. The Labute approximate surface area is 107 Å². The Morgan fingerprint density at radius 1 is 1.44 bits per heavy atom. The number of hydrogen-bond donors (Lipinski definition) is 0. The fraction of sp³-hybridized carbons (Fsp3) is 0.462. The molecule has 1 aliphatic rings. The summed E-state index contributed by atoms with van der Waals surface area (Å²) in [6, 6.07) is 4.83. The van der Waals surface area contributed by atoms with Crippen molar-refractivity contribution in [1.82, 2.24) is 0 Å². The Balaban J connectivity index is 2.59. The molecular formula is C13H16O4S. The molecule has 0 bridgehead atoms. The van der Waals surface area contributed by atoms with E-state index in [-0.39, 0.29) is 22.3 Å². The van der Waals surface area contributed by atoms with Crippen molar-refractivity contribution in [2.24, 2.45) is 0 Å². The second-order valence-corrected chi connectivity index (χ2v) is 6.46. The zero-order valence-electron chi connectivity index (χ0n) is 10.5. The molecule has 1 atom stereocenters. The Morgan fingerprint density at radius 2 is 2.17 bits per heavy atom. The maximum Gasteiger partial charge on any atom is 0.178 e. The third-order valence-corrected chi connectivity index (χ3v) is 5.15. The minimum Gasteiger partial charge on any atom is -0.497 e. The van der Waals surface area contributed by atoms with E-state index in [0.717, 1.165) is 0 Å². The van der Waals surface area contributed by atoms with Crippen molar-refractivity contribution in [3.63, 3.8) is 0 Å². The van der Waals surface area contributed by atoms with E-state index < -0.39 is 9.84 Å². The molecule has 1 aromatic rings. The molecule has 0 fully saturated rings. The molecule has 0 amide bonds. The average Bonchev–Trinajstić information content (AvgIpc) is 2.37. The molecule has 98 valence electrons. The summed E-state index contributed by atoms with van der Waals surface area (Å²) in [5.74, 6) is 0.394. The van der Waals surface area contributed by atoms with Crippen molar-refractivity contribution in [2.75, 3.05) is 12.9 Å². The molecule has 0 aromatic heterocycles. The van der Waals surface area contributed by atoms with E-state index in [4.69, 9.17) is 4.74 Å². The van der Waals surface area contributed by atoms with Gasteiger partial charge in [-0.3, -0.25) is 4.79 Å². The smallest absolute Gasteiger partial charge is 0.178 e. The van der Waals surface area contributed by atoms with Crippen molar-refractivity contribution in [3.8, 4) is 5.75 Å². The number of carbonyl (C=O) groups excluding carboxylic acids is 1. The molecule has 0 radical (unpaired) electrons. The Hall–Kier alpha value is -1.36. The van der Waals surface area contributed by atoms with E-state index in [1.165, 1.54) is 7.11 Å². The Kier molecular flexibility index (Phi) is 3.43. The third-order valence-electron chi connectivity index (χ3n) is 3.34. The maximum atomic E-state index is 12.0. The quantitative estimate of drug-likeness (QED) is 0.840. The molecule has 18 heavy (non-hydrogen) atoms. The molecule has 1 aliphatic heterocycles. The molecule has 0 N–H and O–H groups in total. The molecule has 0 spiro atoms. The number of rotatable bonds is 3. The minimum absolute atomic E-state index is 0.0444. The fourth-order valence-electron chi connectivity index (χ4n) is 2.33. The van der Waals surface area contributed by atoms with Crippen LogP contribution in [0.25, 0.3) is 0 Å². The van der Waals surface area contributed by atoms with Crippen LogP contribution in [0.1, 0.15) is 31.2 Å². The van der Waals surface area contributed by atoms with Crippen molar-refractivity contribution in [1.29, 1.82) is 0 Å². The molecule has 0 saturated carbocycles. The van der Waals surface area contributed by atoms with Gasteiger partial charge in [-0.25, -0.2) is 8.42 Å². The van der Waals surface area contributed by atoms with Crippen LogP contribution in [0.5, 0.6) is 5.75 Å². The lowest BCUT2D eigenvalue weighted by atomic mass is 9.90. The van der Waals surface area contributed by atoms with Gasteiger partial charge in [-0.2, -0.15) is 0 Å². The highest BCUT2D eigenvalue weighted by atomic mass is 32.2. The molecule has 0 saturated heterocycles. The standard InChI is InChI=1S/C13H16O4S/c1-3-12(14)10-6-7-18(15,16)13-5-4-9(17-2)8-11(10)13/h4-5,8,10H,3,6-7H2,1-2H3/t10-/m1/s1. The molecule has 0 unspecified atom stereocenters. The monoisotopic (exact) mass is 268 g/mol. The summed E-state index contributed by atoms with van der Waals surface area (Å²) in [5, 5.41) is 0. The zero-order chi connectivity index (χ0) is 13.3. The van der Waals surface area contributed by atoms with Gasteiger partial charge in [-0.1, -0.05) is 6.92 Å². The van der Waals surface area contributed by atoms with E-state index in [1.54, 1.807) is 25.1 Å². The molecule has 1 heterocycles. The summed E-state index contributed by atoms with van der Waals surface area (Å²) in [7, 11) is -1.73. The number of sulfone groups is 1. The van der Waals surface area contributed by atoms with Crippen LogP contribution in [-0.2, 0) is 14.6 Å². The van der Waals surface area contributed by atoms with Crippen molar-refractivity contribution >= 4 is 15.6 Å². The number of ketones is 1. The van der Waals surface area contributed by atoms with Crippen LogP contribution >= 0.6 is 0 Å². The van der Waals surface area contributed by atoms with Gasteiger partial charge >= 0.3 is 0 Å². The second-order valence-electron chi connectivity index (χ2n) is 4.38. The zero-order valence-corrected chi connectivity index (χ0v) is 11.3. The average molecular weight is 268 g/mol. The largest absolute Gasteiger partial charge is 0.497 e. The van der Waals surface area contributed by atoms with Crippen LogP contribution in [0.15, 0.2) is 23.1 Å². The summed E-state index contributed by atoms with van der Waals surface area (Å²) >= 11 is 0. The lowest BCUT2D eigenvalue weighted by molar-refractivity contribution is -0.120. The first-order valence-corrected chi connectivity index (χ1v) is 7.58. The van der Waals surface area contributed by atoms with E-state index in [0.29, 0.717) is 24.2 Å². The number of carbonyl (C=O) groups is 1. The second kappa shape index (κ2) is 4.72. The first-order chi connectivity index (χ1) is 8.49. The number of Topliss-reactive ketones (excluding diaryl/α,β-unsaturated/α-hetero) is 1. The van der Waals surface area contributed by atoms with Gasteiger partial charge in [0.05, 0.1) is 17.8 Å². The van der Waals surface area contributed by atoms with Crippen LogP contribution in [0.2, 0.25) is 0 Å². The van der Waals surface area contributed by atoms with Gasteiger partial charge in [0.2, 0.25) is 0 Å². The van der Waals surface area contributed by atoms with Gasteiger partial charge in [0.15, 0.2) is 9.84 Å². The van der Waals surface area contributed by atoms with Crippen LogP contribution in [0.4, 0.5) is 0 Å². The van der Waals surface area contributed by atoms with Gasteiger partial charge in [0.25, 0.3) is 0 Å². The molecule has 1 aromatic carbocycles. The lowest BCUT2D eigenvalue weighted by Crippen LogP contribution is -2.24. The molecular weight excluding hydrogens is 252 g/mol. The van der Waals surface area contributed by atoms with E-state index >= 15 is 0 Å². The van der Waals surface area contributed by atoms with Gasteiger partial charge < -0.3 is 4.74 Å². The van der Waals surface area contributed by atoms with Gasteiger partial charge in [-0.05, 0) is 30.2 Å². The highest BCUT2D eigenvalue weighted by molar-refractivity contribution is 7.91. The van der Waals surface area contributed by atoms with Crippen molar-refractivity contribution in [2.45, 2.75) is 30.6 Å². The first kappa shape index (κ1) is 13.1. The number of benzene rings is 1. The summed E-state index contributed by atoms with van der Waals surface area (Å²) in [5.41, 5.74) is 0.590. The Bertz CT molecular complexity index is 575. The van der Waals surface area contributed by atoms with Crippen LogP contribution in [0.3, 0.4) is 0 Å². The van der Waals surface area contributed by atoms with Crippen molar-refractivity contribution in [3.05, 3.63) is 23.8 Å². The minimum atomic E-state index is -3.25. The Morgan fingerprint density at radius 3 is 2.78 bits per heavy atom. The molecule has 5 heteroatoms. The van der Waals surface area contributed by atoms with E-state index in [1.807, 2.05) is 0 Å². The predicted octanol–water partition coefficient (Wildman–Crippen LogP) is 1.94. The topological polar surface area (TPSA) is 60.4 Å². The maximum absolute atomic E-state index is 12.0. The van der Waals surface area contributed by atoms with Crippen molar-refractivity contribution < 1.29 is 17.9 Å². The highest BCUT2D eigenvalue weighted by Gasteiger charge is 2.33. The first-order valence-electron chi connectivity index (χ1n) is 5.93. The van der Waals surface area contributed by atoms with Crippen LogP contribution in [-0.4, -0.2) is 27.1 Å². The highest BCUT2D eigenvalue weighted by Crippen LogP contribution is 2.36. The van der Waals surface area contributed by atoms with E-state index in [9.17, 15) is 13.2 Å². The molecule has 0 aliphatic carbocycles. The van der Waals surface area contributed by atoms with Gasteiger partial charge in [0, 0.05) is 12.3 Å². The molecule has 4 nitrogen and oxygen atoms in total. The van der Waals surface area contributed by atoms with Gasteiger partial charge in [0.1, 0.15) is 11.5 Å².